The van der Waals surface area contributed by atoms with Crippen LogP contribution in [0.5, 0.6) is 0 Å². The van der Waals surface area contributed by atoms with Gasteiger partial charge in [-0.3, -0.25) is 4.57 Å². The lowest BCUT2D eigenvalue weighted by Gasteiger charge is -2.17. The zero-order valence-corrected chi connectivity index (χ0v) is 18.2. The Morgan fingerprint density at radius 2 is 1.62 bits per heavy atom. The molecule has 156 valence electrons. The number of nitrogens with zero attached hydrogens (tertiary/aromatic N) is 5. The molecule has 0 aliphatic carbocycles. The maximum Gasteiger partial charge on any atom is 0.137 e. The second-order valence-corrected chi connectivity index (χ2v) is 8.69. The molecule has 0 radical (unpaired) electrons. The third-order valence-corrected chi connectivity index (χ3v) is 6.43. The second kappa shape index (κ2) is 7.71. The lowest BCUT2D eigenvalue weighted by Crippen LogP contribution is -2.38. The molecule has 0 saturated carbocycles. The van der Waals surface area contributed by atoms with E-state index in [1.165, 1.54) is 15.7 Å². The van der Waals surface area contributed by atoms with Crippen LogP contribution in [0.3, 0.4) is 0 Å². The van der Waals surface area contributed by atoms with Crippen molar-refractivity contribution in [3.63, 3.8) is 0 Å². The van der Waals surface area contributed by atoms with Crippen molar-refractivity contribution in [3.8, 4) is 5.82 Å². The highest BCUT2D eigenvalue weighted by Crippen LogP contribution is 2.36. The first-order valence-corrected chi connectivity index (χ1v) is 11.1. The van der Waals surface area contributed by atoms with E-state index in [1.807, 2.05) is 30.4 Å². The highest BCUT2D eigenvalue weighted by molar-refractivity contribution is 7.99. The number of pyridine rings is 1. The fraction of sp³-hybridized carbons (Fsp3) is 0.0400. The van der Waals surface area contributed by atoms with Gasteiger partial charge in [0.05, 0.1) is 16.7 Å². The summed E-state index contributed by atoms with van der Waals surface area (Å²) in [4.78, 5) is 6.96. The normalized spacial score (nSPS) is 13.5. The van der Waals surface area contributed by atoms with Gasteiger partial charge < -0.3 is 0 Å². The van der Waals surface area contributed by atoms with Gasteiger partial charge in [0.1, 0.15) is 12.2 Å². The number of hydrazone groups is 1. The van der Waals surface area contributed by atoms with E-state index in [-0.39, 0.29) is 0 Å². The van der Waals surface area contributed by atoms with Gasteiger partial charge in [0.25, 0.3) is 0 Å². The molecule has 6 rings (SSSR count). The first-order chi connectivity index (χ1) is 15.8. The SMILES string of the molecule is CN1N=CN(c2cccc(Sc3ccc4c5ccccc5n(-c5ccccn5)c4c3)c2)N1. The van der Waals surface area contributed by atoms with E-state index < -0.39 is 0 Å². The maximum absolute atomic E-state index is 4.62. The van der Waals surface area contributed by atoms with Crippen molar-refractivity contribution in [2.75, 3.05) is 12.1 Å². The summed E-state index contributed by atoms with van der Waals surface area (Å²) < 4.78 is 2.24. The zero-order chi connectivity index (χ0) is 21.5. The molecular weight excluding hydrogens is 416 g/mol. The quantitative estimate of drug-likeness (QED) is 0.406. The number of para-hydroxylation sites is 1. The molecule has 32 heavy (non-hydrogen) atoms. The van der Waals surface area contributed by atoms with Gasteiger partial charge in [-0.05, 0) is 48.5 Å². The van der Waals surface area contributed by atoms with Gasteiger partial charge in [-0.25, -0.2) is 15.1 Å². The lowest BCUT2D eigenvalue weighted by atomic mass is 10.2. The molecule has 0 unspecified atom stereocenters. The number of hydrogen-bond donors (Lipinski definition) is 1. The molecule has 6 nitrogen and oxygen atoms in total. The number of hydrogen-bond acceptors (Lipinski definition) is 6. The van der Waals surface area contributed by atoms with Gasteiger partial charge in [0.2, 0.25) is 0 Å². The molecule has 0 spiro atoms. The van der Waals surface area contributed by atoms with Crippen LogP contribution in [-0.4, -0.2) is 28.1 Å². The number of benzene rings is 3. The summed E-state index contributed by atoms with van der Waals surface area (Å²) in [6.45, 7) is 0. The lowest BCUT2D eigenvalue weighted by molar-refractivity contribution is 0.280. The Bertz CT molecular complexity index is 1460. The molecule has 0 bridgehead atoms. The number of rotatable bonds is 4. The second-order valence-electron chi connectivity index (χ2n) is 7.54. The molecule has 3 heterocycles. The van der Waals surface area contributed by atoms with E-state index in [1.54, 1.807) is 23.2 Å². The summed E-state index contributed by atoms with van der Waals surface area (Å²) in [5, 5.41) is 10.2. The van der Waals surface area contributed by atoms with Crippen molar-refractivity contribution in [2.24, 2.45) is 5.10 Å². The van der Waals surface area contributed by atoms with Crippen molar-refractivity contribution in [1.82, 2.24) is 20.2 Å². The molecule has 0 saturated heterocycles. The fourth-order valence-corrected chi connectivity index (χ4v) is 4.95. The number of aromatic nitrogens is 2. The first kappa shape index (κ1) is 18.9. The molecule has 0 amide bonds. The first-order valence-electron chi connectivity index (χ1n) is 10.3. The monoisotopic (exact) mass is 436 g/mol. The summed E-state index contributed by atoms with van der Waals surface area (Å²) in [5.41, 5.74) is 6.50. The molecule has 1 aliphatic rings. The summed E-state index contributed by atoms with van der Waals surface area (Å²) >= 11 is 1.74. The minimum absolute atomic E-state index is 0.923. The molecule has 5 aromatic rings. The minimum Gasteiger partial charge on any atom is -0.294 e. The Balaban J connectivity index is 1.43. The van der Waals surface area contributed by atoms with E-state index in [2.05, 4.69) is 93.0 Å². The Morgan fingerprint density at radius 1 is 0.781 bits per heavy atom. The van der Waals surface area contributed by atoms with Crippen LogP contribution in [0.4, 0.5) is 5.69 Å². The van der Waals surface area contributed by atoms with Gasteiger partial charge >= 0.3 is 0 Å². The summed E-state index contributed by atoms with van der Waals surface area (Å²) in [7, 11) is 1.87. The van der Waals surface area contributed by atoms with Crippen molar-refractivity contribution in [2.45, 2.75) is 9.79 Å². The van der Waals surface area contributed by atoms with E-state index in [9.17, 15) is 0 Å². The van der Waals surface area contributed by atoms with Gasteiger partial charge in [-0.15, -0.1) is 10.6 Å². The molecule has 0 atom stereocenters. The van der Waals surface area contributed by atoms with Crippen molar-refractivity contribution in [3.05, 3.63) is 91.1 Å². The Kier molecular flexibility index (Phi) is 4.56. The van der Waals surface area contributed by atoms with Gasteiger partial charge in [0.15, 0.2) is 0 Å². The molecule has 2 aromatic heterocycles. The number of hydrazine groups is 2. The number of anilines is 1. The predicted octanol–water partition coefficient (Wildman–Crippen LogP) is 5.44. The van der Waals surface area contributed by atoms with E-state index in [0.717, 1.165) is 27.4 Å². The van der Waals surface area contributed by atoms with Gasteiger partial charge in [-0.1, -0.05) is 48.2 Å². The Labute approximate surface area is 189 Å². The van der Waals surface area contributed by atoms with Gasteiger partial charge in [0, 0.05) is 33.8 Å². The predicted molar refractivity (Wildman–Crippen MR) is 131 cm³/mol. The molecule has 3 aromatic carbocycles. The van der Waals surface area contributed by atoms with E-state index in [0.29, 0.717) is 0 Å². The van der Waals surface area contributed by atoms with Crippen molar-refractivity contribution >= 4 is 45.6 Å². The highest BCUT2D eigenvalue weighted by Gasteiger charge is 2.15. The standard InChI is InChI=1S/C25H20N6S/c1-29-27-17-30(28-29)18-7-6-8-19(15-18)32-20-12-13-22-21-9-2-3-10-23(21)31(24(22)16-20)25-11-4-5-14-26-25/h2-17,28H,1H3. The van der Waals surface area contributed by atoms with Crippen LogP contribution in [-0.2, 0) is 0 Å². The Hall–Kier alpha value is -3.81. The topological polar surface area (TPSA) is 48.7 Å². The summed E-state index contributed by atoms with van der Waals surface area (Å²) in [6, 6.07) is 29.6. The van der Waals surface area contributed by atoms with Crippen LogP contribution in [0.15, 0.2) is 106 Å². The summed E-state index contributed by atoms with van der Waals surface area (Å²) in [6.07, 6.45) is 3.61. The zero-order valence-electron chi connectivity index (χ0n) is 17.4. The highest BCUT2D eigenvalue weighted by atomic mass is 32.2. The van der Waals surface area contributed by atoms with Crippen LogP contribution in [0, 0.1) is 0 Å². The summed E-state index contributed by atoms with van der Waals surface area (Å²) in [5.74, 6) is 0.923. The van der Waals surface area contributed by atoms with Crippen LogP contribution >= 0.6 is 11.8 Å². The third kappa shape index (κ3) is 3.28. The fourth-order valence-electron chi connectivity index (χ4n) is 4.04. The number of nitrogens with one attached hydrogen (secondary N) is 1. The minimum atomic E-state index is 0.923. The van der Waals surface area contributed by atoms with Crippen molar-refractivity contribution < 1.29 is 0 Å². The molecule has 1 N–H and O–H groups in total. The largest absolute Gasteiger partial charge is 0.294 e. The number of fused-ring (bicyclic) bond motifs is 3. The molecule has 7 heteroatoms. The van der Waals surface area contributed by atoms with E-state index >= 15 is 0 Å². The molecular formula is C25H20N6S. The molecule has 1 aliphatic heterocycles. The van der Waals surface area contributed by atoms with E-state index in [4.69, 9.17) is 0 Å². The smallest absolute Gasteiger partial charge is 0.137 e. The van der Waals surface area contributed by atoms with Crippen LogP contribution in [0.25, 0.3) is 27.6 Å². The third-order valence-electron chi connectivity index (χ3n) is 5.45. The maximum atomic E-state index is 4.62. The van der Waals surface area contributed by atoms with Crippen LogP contribution in [0.2, 0.25) is 0 Å². The Morgan fingerprint density at radius 3 is 2.47 bits per heavy atom. The average molecular weight is 437 g/mol. The molecule has 0 fully saturated rings. The average Bonchev–Trinajstić information content (AvgIpc) is 3.41. The van der Waals surface area contributed by atoms with Crippen molar-refractivity contribution in [1.29, 1.82) is 0 Å². The van der Waals surface area contributed by atoms with Gasteiger partial charge in [-0.2, -0.15) is 0 Å². The van der Waals surface area contributed by atoms with Crippen LogP contribution < -0.4 is 10.5 Å². The van der Waals surface area contributed by atoms with Crippen LogP contribution in [0.1, 0.15) is 0 Å².